The Bertz CT molecular complexity index is 965. The smallest absolute Gasteiger partial charge is 0.243 e. The van der Waals surface area contributed by atoms with Crippen molar-refractivity contribution in [3.8, 4) is 0 Å². The summed E-state index contributed by atoms with van der Waals surface area (Å²) in [6, 6.07) is 4.79. The van der Waals surface area contributed by atoms with Crippen LogP contribution in [0.25, 0.3) is 0 Å². The first-order valence-corrected chi connectivity index (χ1v) is 12.2. The van der Waals surface area contributed by atoms with E-state index in [0.717, 1.165) is 43.5 Å². The quantitative estimate of drug-likeness (QED) is 0.742. The number of thiazole rings is 1. The van der Waals surface area contributed by atoms with Gasteiger partial charge in [-0.3, -0.25) is 4.79 Å². The van der Waals surface area contributed by atoms with Crippen LogP contribution >= 0.6 is 11.3 Å². The summed E-state index contributed by atoms with van der Waals surface area (Å²) >= 11 is 1.54. The largest absolute Gasteiger partial charge is 0.302 e. The number of rotatable bonds is 4. The van der Waals surface area contributed by atoms with E-state index in [9.17, 15) is 17.6 Å². The molecule has 2 aromatic rings. The van der Waals surface area contributed by atoms with Crippen LogP contribution in [0.4, 0.5) is 9.52 Å². The molecule has 9 heteroatoms. The van der Waals surface area contributed by atoms with Crippen LogP contribution in [0, 0.1) is 11.7 Å². The van der Waals surface area contributed by atoms with Gasteiger partial charge in [-0.1, -0.05) is 6.42 Å². The van der Waals surface area contributed by atoms with Gasteiger partial charge in [0.2, 0.25) is 15.9 Å². The molecule has 1 amide bonds. The summed E-state index contributed by atoms with van der Waals surface area (Å²) in [5.74, 6) is -1.10. The van der Waals surface area contributed by atoms with Crippen LogP contribution in [0.1, 0.15) is 42.7 Å². The SMILES string of the molecule is O=C(Nc1nc2c(s1)CCCCC2)[C@@H]1CCCN(S(=O)(=O)c2ccc(F)cc2)C1. The molecule has 0 radical (unpaired) electrons. The lowest BCUT2D eigenvalue weighted by molar-refractivity contribution is -0.120. The fraction of sp³-hybridized carbons (Fsp3) is 0.500. The molecule has 0 spiro atoms. The number of fused-ring (bicyclic) bond motifs is 1. The fourth-order valence-corrected chi connectivity index (χ4v) is 6.50. The zero-order chi connectivity index (χ0) is 20.4. The van der Waals surface area contributed by atoms with E-state index >= 15 is 0 Å². The van der Waals surface area contributed by atoms with Gasteiger partial charge in [-0.05, 0) is 62.8 Å². The van der Waals surface area contributed by atoms with Gasteiger partial charge in [-0.2, -0.15) is 4.31 Å². The molecule has 1 atom stereocenters. The summed E-state index contributed by atoms with van der Waals surface area (Å²) in [4.78, 5) is 18.7. The molecule has 1 aliphatic carbocycles. The van der Waals surface area contributed by atoms with E-state index in [2.05, 4.69) is 10.3 Å². The Morgan fingerprint density at radius 1 is 1.14 bits per heavy atom. The van der Waals surface area contributed by atoms with Crippen LogP contribution in [-0.4, -0.2) is 36.7 Å². The van der Waals surface area contributed by atoms with E-state index in [1.54, 1.807) is 0 Å². The van der Waals surface area contributed by atoms with E-state index in [-0.39, 0.29) is 17.3 Å². The van der Waals surface area contributed by atoms with Gasteiger partial charge in [-0.15, -0.1) is 11.3 Å². The molecule has 1 saturated heterocycles. The molecule has 1 fully saturated rings. The lowest BCUT2D eigenvalue weighted by Crippen LogP contribution is -2.43. The molecule has 29 heavy (non-hydrogen) atoms. The number of piperidine rings is 1. The number of amides is 1. The first kappa shape index (κ1) is 20.4. The van der Waals surface area contributed by atoms with Crippen LogP contribution in [0.5, 0.6) is 0 Å². The summed E-state index contributed by atoms with van der Waals surface area (Å²) in [6.45, 7) is 0.478. The number of aromatic nitrogens is 1. The monoisotopic (exact) mass is 437 g/mol. The molecular formula is C20H24FN3O3S2. The van der Waals surface area contributed by atoms with Crippen molar-refractivity contribution >= 4 is 32.4 Å². The van der Waals surface area contributed by atoms with E-state index in [1.807, 2.05) is 0 Å². The molecule has 1 aromatic carbocycles. The number of halogens is 1. The highest BCUT2D eigenvalue weighted by Gasteiger charge is 2.33. The first-order valence-electron chi connectivity index (χ1n) is 9.98. The summed E-state index contributed by atoms with van der Waals surface area (Å²) in [7, 11) is -3.75. The second kappa shape index (κ2) is 8.49. The molecule has 0 unspecified atom stereocenters. The molecule has 0 saturated carbocycles. The maximum Gasteiger partial charge on any atom is 0.243 e. The van der Waals surface area contributed by atoms with Gasteiger partial charge in [0.1, 0.15) is 5.82 Å². The molecule has 2 heterocycles. The zero-order valence-corrected chi connectivity index (χ0v) is 17.7. The fourth-order valence-electron chi connectivity index (χ4n) is 3.92. The van der Waals surface area contributed by atoms with E-state index in [4.69, 9.17) is 0 Å². The number of hydrogen-bond donors (Lipinski definition) is 1. The highest BCUT2D eigenvalue weighted by molar-refractivity contribution is 7.89. The van der Waals surface area contributed by atoms with Crippen molar-refractivity contribution in [1.82, 2.24) is 9.29 Å². The average molecular weight is 438 g/mol. The summed E-state index contributed by atoms with van der Waals surface area (Å²) in [5, 5.41) is 3.52. The number of benzene rings is 1. The van der Waals surface area contributed by atoms with Crippen molar-refractivity contribution in [3.05, 3.63) is 40.7 Å². The first-order chi connectivity index (χ1) is 13.9. The van der Waals surface area contributed by atoms with Gasteiger partial charge < -0.3 is 5.32 Å². The second-order valence-electron chi connectivity index (χ2n) is 7.59. The standard InChI is InChI=1S/C20H24FN3O3S2/c21-15-8-10-16(11-9-15)29(26,27)24-12-4-5-14(13-24)19(25)23-20-22-17-6-2-1-3-7-18(17)28-20/h8-11,14H,1-7,12-13H2,(H,22,23,25)/t14-/m1/s1. The molecule has 4 rings (SSSR count). The van der Waals surface area contributed by atoms with Crippen LogP contribution < -0.4 is 5.32 Å². The van der Waals surface area contributed by atoms with E-state index in [0.29, 0.717) is 24.5 Å². The predicted octanol–water partition coefficient (Wildman–Crippen LogP) is 3.59. The van der Waals surface area contributed by atoms with Gasteiger partial charge in [0, 0.05) is 18.0 Å². The normalized spacial score (nSPS) is 20.7. The maximum atomic E-state index is 13.1. The number of aryl methyl sites for hydroxylation is 2. The van der Waals surface area contributed by atoms with Crippen molar-refractivity contribution in [3.63, 3.8) is 0 Å². The van der Waals surface area contributed by atoms with Crippen molar-refractivity contribution in [2.75, 3.05) is 18.4 Å². The second-order valence-corrected chi connectivity index (χ2v) is 10.6. The Kier molecular flexibility index (Phi) is 5.98. The van der Waals surface area contributed by atoms with Crippen LogP contribution in [0.15, 0.2) is 29.2 Å². The maximum absolute atomic E-state index is 13.1. The predicted molar refractivity (Wildman–Crippen MR) is 110 cm³/mol. The number of nitrogens with zero attached hydrogens (tertiary/aromatic N) is 2. The van der Waals surface area contributed by atoms with Gasteiger partial charge in [-0.25, -0.2) is 17.8 Å². The third-order valence-corrected chi connectivity index (χ3v) is 8.48. The molecule has 1 aromatic heterocycles. The lowest BCUT2D eigenvalue weighted by atomic mass is 9.99. The number of nitrogens with one attached hydrogen (secondary N) is 1. The number of carbonyl (C=O) groups is 1. The van der Waals surface area contributed by atoms with E-state index < -0.39 is 21.8 Å². The third kappa shape index (κ3) is 4.51. The Morgan fingerprint density at radius 3 is 2.69 bits per heavy atom. The molecule has 156 valence electrons. The molecular weight excluding hydrogens is 413 g/mol. The van der Waals surface area contributed by atoms with Gasteiger partial charge in [0.05, 0.1) is 16.5 Å². The van der Waals surface area contributed by atoms with Crippen molar-refractivity contribution < 1.29 is 17.6 Å². The molecule has 6 nitrogen and oxygen atoms in total. The highest BCUT2D eigenvalue weighted by atomic mass is 32.2. The molecule has 1 aliphatic heterocycles. The average Bonchev–Trinajstić information content (AvgIpc) is 2.96. The number of sulfonamides is 1. The summed E-state index contributed by atoms with van der Waals surface area (Å²) in [5.41, 5.74) is 1.09. The minimum atomic E-state index is -3.75. The molecule has 0 bridgehead atoms. The van der Waals surface area contributed by atoms with Crippen molar-refractivity contribution in [2.45, 2.75) is 49.8 Å². The molecule has 2 aliphatic rings. The van der Waals surface area contributed by atoms with E-state index in [1.165, 1.54) is 39.1 Å². The Labute approximate surface area is 174 Å². The minimum absolute atomic E-state index is 0.0450. The van der Waals surface area contributed by atoms with Crippen LogP contribution in [0.2, 0.25) is 0 Å². The lowest BCUT2D eigenvalue weighted by Gasteiger charge is -2.31. The van der Waals surface area contributed by atoms with Gasteiger partial charge in [0.25, 0.3) is 0 Å². The molecule has 1 N–H and O–H groups in total. The third-order valence-electron chi connectivity index (χ3n) is 5.53. The van der Waals surface area contributed by atoms with Gasteiger partial charge in [0.15, 0.2) is 5.13 Å². The number of carbonyl (C=O) groups excluding carboxylic acids is 1. The van der Waals surface area contributed by atoms with Crippen LogP contribution in [-0.2, 0) is 27.7 Å². The number of hydrogen-bond acceptors (Lipinski definition) is 5. The highest BCUT2D eigenvalue weighted by Crippen LogP contribution is 2.30. The Morgan fingerprint density at radius 2 is 1.90 bits per heavy atom. The summed E-state index contributed by atoms with van der Waals surface area (Å²) in [6.07, 6.45) is 6.69. The van der Waals surface area contributed by atoms with Crippen molar-refractivity contribution in [2.24, 2.45) is 5.92 Å². The summed E-state index contributed by atoms with van der Waals surface area (Å²) < 4.78 is 40.2. The topological polar surface area (TPSA) is 79.4 Å². The number of anilines is 1. The van der Waals surface area contributed by atoms with Crippen LogP contribution in [0.3, 0.4) is 0 Å². The zero-order valence-electron chi connectivity index (χ0n) is 16.1. The van der Waals surface area contributed by atoms with Gasteiger partial charge >= 0.3 is 0 Å². The Balaban J connectivity index is 1.44. The van der Waals surface area contributed by atoms with Crippen molar-refractivity contribution in [1.29, 1.82) is 0 Å². The Hall–Kier alpha value is -1.84. The minimum Gasteiger partial charge on any atom is -0.302 e.